The number of hydrogen-bond donors (Lipinski definition) is 1. The molecule has 0 amide bonds. The minimum Gasteiger partial charge on any atom is -0.350 e. The molecule has 0 heterocycles. The summed E-state index contributed by atoms with van der Waals surface area (Å²) in [5.41, 5.74) is 0.930. The summed E-state index contributed by atoms with van der Waals surface area (Å²) >= 11 is 11.1. The molecule has 0 aliphatic carbocycles. The Morgan fingerprint density at radius 2 is 2.07 bits per heavy atom. The predicted octanol–water partition coefficient (Wildman–Crippen LogP) is 3.38. The summed E-state index contributed by atoms with van der Waals surface area (Å²) < 4.78 is 0. The predicted molar refractivity (Wildman–Crippen MR) is 70.6 cm³/mol. The highest BCUT2D eigenvalue weighted by atomic mass is 35.5. The fraction of sp³-hybridized carbons (Fsp3) is 0.364. The van der Waals surface area contributed by atoms with Crippen molar-refractivity contribution < 1.29 is 0 Å². The van der Waals surface area contributed by atoms with E-state index >= 15 is 0 Å². The number of thiocarbonyl (C=S) groups is 1. The number of rotatable bonds is 3. The number of nitrogens with one attached hydrogen (secondary N) is 1. The molecule has 1 N–H and O–H groups in total. The fourth-order valence-electron chi connectivity index (χ4n) is 1.28. The highest BCUT2D eigenvalue weighted by molar-refractivity contribution is 7.80. The smallest absolute Gasteiger partial charge is 0.173 e. The van der Waals surface area contributed by atoms with Crippen LogP contribution in [0.15, 0.2) is 24.3 Å². The van der Waals surface area contributed by atoms with Gasteiger partial charge in [-0.25, -0.2) is 0 Å². The van der Waals surface area contributed by atoms with E-state index in [0.717, 1.165) is 23.9 Å². The lowest BCUT2D eigenvalue weighted by Gasteiger charge is -2.22. The van der Waals surface area contributed by atoms with Crippen LogP contribution in [-0.2, 0) is 0 Å². The zero-order chi connectivity index (χ0) is 11.3. The summed E-state index contributed by atoms with van der Waals surface area (Å²) in [6.07, 6.45) is 0. The van der Waals surface area contributed by atoms with Gasteiger partial charge in [0.25, 0.3) is 0 Å². The molecule has 0 atom stereocenters. The Hall–Kier alpha value is -0.800. The Kier molecular flexibility index (Phi) is 4.85. The van der Waals surface area contributed by atoms with E-state index in [-0.39, 0.29) is 0 Å². The van der Waals surface area contributed by atoms with Crippen LogP contribution in [0.2, 0.25) is 5.02 Å². The summed E-state index contributed by atoms with van der Waals surface area (Å²) in [7, 11) is 0. The quantitative estimate of drug-likeness (QED) is 0.819. The molecule has 0 aliphatic rings. The Bertz CT molecular complexity index is 337. The van der Waals surface area contributed by atoms with Gasteiger partial charge < -0.3 is 10.2 Å². The minimum absolute atomic E-state index is 0.711. The van der Waals surface area contributed by atoms with Crippen molar-refractivity contribution in [1.82, 2.24) is 4.90 Å². The first-order valence-electron chi connectivity index (χ1n) is 4.98. The molecule has 1 rings (SSSR count). The van der Waals surface area contributed by atoms with Gasteiger partial charge >= 0.3 is 0 Å². The third kappa shape index (κ3) is 3.68. The molecule has 0 fully saturated rings. The van der Waals surface area contributed by atoms with Gasteiger partial charge in [0.2, 0.25) is 0 Å². The monoisotopic (exact) mass is 242 g/mol. The fourth-order valence-corrected chi connectivity index (χ4v) is 1.85. The lowest BCUT2D eigenvalue weighted by molar-refractivity contribution is 0.473. The van der Waals surface area contributed by atoms with Gasteiger partial charge in [0.05, 0.1) is 0 Å². The van der Waals surface area contributed by atoms with Crippen LogP contribution in [0.3, 0.4) is 0 Å². The lowest BCUT2D eigenvalue weighted by atomic mass is 10.3. The van der Waals surface area contributed by atoms with Gasteiger partial charge in [-0.15, -0.1) is 0 Å². The van der Waals surface area contributed by atoms with Crippen LogP contribution in [0.4, 0.5) is 5.69 Å². The van der Waals surface area contributed by atoms with Gasteiger partial charge in [-0.05, 0) is 44.3 Å². The highest BCUT2D eigenvalue weighted by Gasteiger charge is 2.04. The Morgan fingerprint density at radius 1 is 1.40 bits per heavy atom. The average Bonchev–Trinajstić information content (AvgIpc) is 2.19. The standard InChI is InChI=1S/C11H15ClN2S/c1-3-14(4-2)11(15)13-10-7-5-6-9(12)8-10/h5-8H,3-4H2,1-2H3,(H,13,15). The van der Waals surface area contributed by atoms with Crippen molar-refractivity contribution in [3.05, 3.63) is 29.3 Å². The van der Waals surface area contributed by atoms with Crippen LogP contribution in [0.1, 0.15) is 13.8 Å². The highest BCUT2D eigenvalue weighted by Crippen LogP contribution is 2.15. The molecule has 1 aromatic rings. The van der Waals surface area contributed by atoms with Crippen LogP contribution < -0.4 is 5.32 Å². The molecule has 0 spiro atoms. The van der Waals surface area contributed by atoms with E-state index in [2.05, 4.69) is 24.1 Å². The summed E-state index contributed by atoms with van der Waals surface area (Å²) in [6.45, 7) is 5.97. The molecule has 0 radical (unpaired) electrons. The number of nitrogens with zero attached hydrogens (tertiary/aromatic N) is 1. The Morgan fingerprint density at radius 3 is 2.60 bits per heavy atom. The van der Waals surface area contributed by atoms with Crippen LogP contribution in [0.5, 0.6) is 0 Å². The van der Waals surface area contributed by atoms with E-state index in [1.807, 2.05) is 24.3 Å². The first kappa shape index (κ1) is 12.3. The number of anilines is 1. The van der Waals surface area contributed by atoms with Crippen molar-refractivity contribution >= 4 is 34.6 Å². The molecule has 2 nitrogen and oxygen atoms in total. The topological polar surface area (TPSA) is 15.3 Å². The zero-order valence-corrected chi connectivity index (χ0v) is 10.5. The molecule has 4 heteroatoms. The molecule has 0 unspecified atom stereocenters. The van der Waals surface area contributed by atoms with Gasteiger partial charge in [0.1, 0.15) is 0 Å². The SMILES string of the molecule is CCN(CC)C(=S)Nc1cccc(Cl)c1. The van der Waals surface area contributed by atoms with E-state index in [9.17, 15) is 0 Å². The summed E-state index contributed by atoms with van der Waals surface area (Å²) in [4.78, 5) is 2.08. The third-order valence-corrected chi connectivity index (χ3v) is 2.72. The van der Waals surface area contributed by atoms with Crippen molar-refractivity contribution in [3.63, 3.8) is 0 Å². The Balaban J connectivity index is 2.65. The van der Waals surface area contributed by atoms with Gasteiger partial charge in [-0.2, -0.15) is 0 Å². The van der Waals surface area contributed by atoms with Crippen molar-refractivity contribution in [2.45, 2.75) is 13.8 Å². The first-order chi connectivity index (χ1) is 7.17. The van der Waals surface area contributed by atoms with Crippen LogP contribution in [-0.4, -0.2) is 23.1 Å². The second-order valence-electron chi connectivity index (χ2n) is 3.11. The van der Waals surface area contributed by atoms with Crippen molar-refractivity contribution in [3.8, 4) is 0 Å². The van der Waals surface area contributed by atoms with Gasteiger partial charge in [-0.3, -0.25) is 0 Å². The molecule has 0 bridgehead atoms. The molecule has 0 saturated heterocycles. The summed E-state index contributed by atoms with van der Waals surface area (Å²) in [5, 5.41) is 4.61. The molecular weight excluding hydrogens is 228 g/mol. The molecule has 82 valence electrons. The molecule has 15 heavy (non-hydrogen) atoms. The van der Waals surface area contributed by atoms with E-state index in [4.69, 9.17) is 23.8 Å². The molecule has 0 aliphatic heterocycles. The minimum atomic E-state index is 0.711. The molecular formula is C11H15ClN2S. The van der Waals surface area contributed by atoms with Crippen molar-refractivity contribution in [1.29, 1.82) is 0 Å². The number of benzene rings is 1. The van der Waals surface area contributed by atoms with E-state index < -0.39 is 0 Å². The van der Waals surface area contributed by atoms with Gasteiger partial charge in [-0.1, -0.05) is 17.7 Å². The zero-order valence-electron chi connectivity index (χ0n) is 8.96. The van der Waals surface area contributed by atoms with Gasteiger partial charge in [0.15, 0.2) is 5.11 Å². The summed E-state index contributed by atoms with van der Waals surface area (Å²) in [6, 6.07) is 7.54. The normalized spacial score (nSPS) is 9.80. The maximum Gasteiger partial charge on any atom is 0.173 e. The van der Waals surface area contributed by atoms with Crippen molar-refractivity contribution in [2.75, 3.05) is 18.4 Å². The number of hydrogen-bond acceptors (Lipinski definition) is 1. The van der Waals surface area contributed by atoms with Crippen LogP contribution >= 0.6 is 23.8 Å². The van der Waals surface area contributed by atoms with Gasteiger partial charge in [0, 0.05) is 23.8 Å². The van der Waals surface area contributed by atoms with E-state index in [0.29, 0.717) is 5.02 Å². The maximum atomic E-state index is 5.88. The van der Waals surface area contributed by atoms with Crippen LogP contribution in [0.25, 0.3) is 0 Å². The number of halogens is 1. The Labute approximate surface area is 101 Å². The molecule has 1 aromatic carbocycles. The summed E-state index contributed by atoms with van der Waals surface area (Å²) in [5.74, 6) is 0. The van der Waals surface area contributed by atoms with Crippen molar-refractivity contribution in [2.24, 2.45) is 0 Å². The molecule has 0 saturated carbocycles. The van der Waals surface area contributed by atoms with E-state index in [1.54, 1.807) is 0 Å². The second kappa shape index (κ2) is 5.93. The van der Waals surface area contributed by atoms with Crippen LogP contribution in [0, 0.1) is 0 Å². The lowest BCUT2D eigenvalue weighted by Crippen LogP contribution is -2.34. The second-order valence-corrected chi connectivity index (χ2v) is 3.94. The average molecular weight is 243 g/mol. The maximum absolute atomic E-state index is 5.88. The third-order valence-electron chi connectivity index (χ3n) is 2.13. The van der Waals surface area contributed by atoms with E-state index in [1.165, 1.54) is 0 Å². The first-order valence-corrected chi connectivity index (χ1v) is 5.77. The molecule has 0 aromatic heterocycles. The largest absolute Gasteiger partial charge is 0.350 e.